The molecule has 0 saturated carbocycles. The smallest absolute Gasteiger partial charge is 0.464 e. The molecule has 0 atom stereocenters. The number of aryl methyl sites for hydroxylation is 1. The van der Waals surface area contributed by atoms with Crippen molar-refractivity contribution >= 4 is 29.2 Å². The van der Waals surface area contributed by atoms with Gasteiger partial charge in [0.25, 0.3) is 0 Å². The van der Waals surface area contributed by atoms with Crippen LogP contribution in [0.25, 0.3) is 0 Å². The van der Waals surface area contributed by atoms with E-state index in [4.69, 9.17) is 9.31 Å². The van der Waals surface area contributed by atoms with Crippen molar-refractivity contribution in [2.75, 3.05) is 7.11 Å². The molecule has 5 nitrogen and oxygen atoms in total. The van der Waals surface area contributed by atoms with Crippen LogP contribution >= 0.6 is 11.3 Å². The Balaban J connectivity index is 2.30. The molecule has 2 rings (SSSR count). The highest BCUT2D eigenvalue weighted by Crippen LogP contribution is 2.37. The van der Waals surface area contributed by atoms with Crippen molar-refractivity contribution in [3.05, 3.63) is 10.7 Å². The molecular weight excluding hydrogens is 265 g/mol. The Morgan fingerprint density at radius 1 is 1.26 bits per heavy atom. The molecule has 0 bridgehead atoms. The normalized spacial score (nSPS) is 20.6. The molecule has 0 unspecified atom stereocenters. The number of hydrogen-bond donors (Lipinski definition) is 0. The highest BCUT2D eigenvalue weighted by molar-refractivity contribution is 7.23. The van der Waals surface area contributed by atoms with Gasteiger partial charge >= 0.3 is 13.1 Å². The molecule has 104 valence electrons. The van der Waals surface area contributed by atoms with E-state index in [1.54, 1.807) is 0 Å². The minimum atomic E-state index is -0.485. The van der Waals surface area contributed by atoms with Crippen LogP contribution in [0.2, 0.25) is 0 Å². The minimum absolute atomic E-state index is 0.324. The maximum absolute atomic E-state index is 11.5. The Morgan fingerprint density at radius 3 is 2.26 bits per heavy atom. The van der Waals surface area contributed by atoms with Crippen molar-refractivity contribution in [3.8, 4) is 0 Å². The molecule has 2 heterocycles. The van der Waals surface area contributed by atoms with Gasteiger partial charge in [-0.1, -0.05) is 0 Å². The number of carbonyl (C=O) groups excluding carboxylic acids is 1. The summed E-state index contributed by atoms with van der Waals surface area (Å²) in [7, 11) is 0.856. The number of thiazole rings is 1. The second kappa shape index (κ2) is 4.57. The van der Waals surface area contributed by atoms with Crippen LogP contribution in [0, 0.1) is 6.92 Å². The van der Waals surface area contributed by atoms with Crippen LogP contribution in [0.4, 0.5) is 0 Å². The van der Waals surface area contributed by atoms with Gasteiger partial charge in [-0.15, -0.1) is 11.3 Å². The van der Waals surface area contributed by atoms with Crippen LogP contribution < -0.4 is 4.78 Å². The fourth-order valence-corrected chi connectivity index (χ4v) is 2.69. The second-order valence-electron chi connectivity index (χ2n) is 5.55. The quantitative estimate of drug-likeness (QED) is 0.608. The molecule has 1 aliphatic heterocycles. The average Bonchev–Trinajstić information content (AvgIpc) is 2.77. The third-order valence-electron chi connectivity index (χ3n) is 3.66. The van der Waals surface area contributed by atoms with Crippen LogP contribution in [0.1, 0.15) is 43.2 Å². The molecule has 1 fully saturated rings. The number of methoxy groups -OCH3 is 1. The molecule has 0 aliphatic carbocycles. The minimum Gasteiger partial charge on any atom is -0.464 e. The van der Waals surface area contributed by atoms with Crippen LogP contribution in [0.15, 0.2) is 0 Å². The molecule has 7 heteroatoms. The van der Waals surface area contributed by atoms with Crippen LogP contribution in [-0.2, 0) is 14.0 Å². The second-order valence-corrected chi connectivity index (χ2v) is 6.58. The van der Waals surface area contributed by atoms with E-state index < -0.39 is 24.3 Å². The number of nitrogens with zero attached hydrogens (tertiary/aromatic N) is 1. The maximum atomic E-state index is 11.5. The molecule has 1 saturated heterocycles. The van der Waals surface area contributed by atoms with E-state index in [1.165, 1.54) is 18.4 Å². The summed E-state index contributed by atoms with van der Waals surface area (Å²) >= 11 is 1.26. The van der Waals surface area contributed by atoms with Gasteiger partial charge in [-0.05, 0) is 34.6 Å². The zero-order chi connectivity index (χ0) is 14.4. The van der Waals surface area contributed by atoms with E-state index in [1.807, 2.05) is 34.6 Å². The van der Waals surface area contributed by atoms with E-state index in [0.717, 1.165) is 10.5 Å². The Labute approximate surface area is 117 Å². The molecule has 0 aromatic carbocycles. The molecule has 19 heavy (non-hydrogen) atoms. The summed E-state index contributed by atoms with van der Waals surface area (Å²) in [4.78, 5) is 15.7. The number of ether oxygens (including phenoxy) is 1. The molecule has 0 radical (unpaired) electrons. The zero-order valence-electron chi connectivity index (χ0n) is 12.1. The van der Waals surface area contributed by atoms with Gasteiger partial charge in [-0.2, -0.15) is 0 Å². The lowest BCUT2D eigenvalue weighted by Crippen LogP contribution is -2.41. The van der Waals surface area contributed by atoms with Crippen LogP contribution in [-0.4, -0.2) is 36.4 Å². The molecule has 0 amide bonds. The first-order chi connectivity index (χ1) is 8.68. The van der Waals surface area contributed by atoms with Crippen molar-refractivity contribution in [3.63, 3.8) is 0 Å². The Bertz CT molecular complexity index is 496. The fourth-order valence-electron chi connectivity index (χ4n) is 1.75. The predicted octanol–water partition coefficient (Wildman–Crippen LogP) is 1.54. The van der Waals surface area contributed by atoms with Gasteiger partial charge in [0.2, 0.25) is 5.01 Å². The first kappa shape index (κ1) is 14.5. The lowest BCUT2D eigenvalue weighted by Gasteiger charge is -2.32. The first-order valence-electron chi connectivity index (χ1n) is 6.09. The largest absolute Gasteiger partial charge is 0.507 e. The van der Waals surface area contributed by atoms with E-state index in [2.05, 4.69) is 9.72 Å². The molecule has 0 spiro atoms. The maximum Gasteiger partial charge on any atom is 0.507 e. The van der Waals surface area contributed by atoms with Gasteiger partial charge in [0, 0.05) is 5.69 Å². The topological polar surface area (TPSA) is 57.7 Å². The number of esters is 1. The van der Waals surface area contributed by atoms with E-state index >= 15 is 0 Å². The summed E-state index contributed by atoms with van der Waals surface area (Å²) in [5.41, 5.74) is -0.0668. The van der Waals surface area contributed by atoms with Crippen molar-refractivity contribution in [2.24, 2.45) is 0 Å². The first-order valence-corrected chi connectivity index (χ1v) is 6.91. The molecule has 0 N–H and O–H groups in total. The SMILES string of the molecule is COC(=O)c1nc(C)c(B2OC(C)(C)C(C)(C)O2)s1. The Kier molecular flexibility index (Phi) is 3.49. The predicted molar refractivity (Wildman–Crippen MR) is 73.9 cm³/mol. The van der Waals surface area contributed by atoms with Gasteiger partial charge in [-0.25, -0.2) is 9.78 Å². The number of aromatic nitrogens is 1. The summed E-state index contributed by atoms with van der Waals surface area (Å²) in [5, 5.41) is 0.324. The van der Waals surface area contributed by atoms with Gasteiger partial charge < -0.3 is 14.0 Å². The zero-order valence-corrected chi connectivity index (χ0v) is 12.9. The van der Waals surface area contributed by atoms with E-state index in [0.29, 0.717) is 5.01 Å². The molecule has 1 aromatic heterocycles. The number of hydrogen-bond acceptors (Lipinski definition) is 6. The van der Waals surface area contributed by atoms with Crippen LogP contribution in [0.3, 0.4) is 0 Å². The summed E-state index contributed by atoms with van der Waals surface area (Å²) < 4.78 is 17.4. The summed E-state index contributed by atoms with van der Waals surface area (Å²) in [6, 6.07) is 0. The van der Waals surface area contributed by atoms with Gasteiger partial charge in [0.05, 0.1) is 23.1 Å². The van der Waals surface area contributed by atoms with E-state index in [9.17, 15) is 4.79 Å². The van der Waals surface area contributed by atoms with Gasteiger partial charge in [0.15, 0.2) is 0 Å². The monoisotopic (exact) mass is 283 g/mol. The summed E-state index contributed by atoms with van der Waals surface area (Å²) in [5.74, 6) is -0.434. The van der Waals surface area contributed by atoms with Crippen LogP contribution in [0.5, 0.6) is 0 Å². The van der Waals surface area contributed by atoms with E-state index in [-0.39, 0.29) is 0 Å². The highest BCUT2D eigenvalue weighted by Gasteiger charge is 2.53. The number of rotatable bonds is 2. The van der Waals surface area contributed by atoms with Gasteiger partial charge in [0.1, 0.15) is 0 Å². The molecule has 1 aliphatic rings. The van der Waals surface area contributed by atoms with Crippen molar-refractivity contribution < 1.29 is 18.8 Å². The standard InChI is InChI=1S/C12H18BNO4S/c1-7-8(19-9(14-7)10(15)16-6)13-17-11(2,3)12(4,5)18-13/h1-6H3. The lowest BCUT2D eigenvalue weighted by molar-refractivity contribution is 0.00578. The molecule has 1 aromatic rings. The van der Waals surface area contributed by atoms with Crippen molar-refractivity contribution in [1.82, 2.24) is 4.98 Å². The third kappa shape index (κ3) is 2.42. The Hall–Kier alpha value is -0.915. The summed E-state index contributed by atoms with van der Waals surface area (Å²) in [6.45, 7) is 9.80. The third-order valence-corrected chi connectivity index (χ3v) is 4.82. The number of carbonyl (C=O) groups is 1. The Morgan fingerprint density at radius 2 is 1.79 bits per heavy atom. The summed E-state index contributed by atoms with van der Waals surface area (Å²) in [6.07, 6.45) is 0. The van der Waals surface area contributed by atoms with Crippen molar-refractivity contribution in [2.45, 2.75) is 45.8 Å². The lowest BCUT2D eigenvalue weighted by atomic mass is 9.86. The average molecular weight is 283 g/mol. The van der Waals surface area contributed by atoms with Crippen molar-refractivity contribution in [1.29, 1.82) is 0 Å². The fraction of sp³-hybridized carbons (Fsp3) is 0.667. The highest BCUT2D eigenvalue weighted by atomic mass is 32.1. The molecular formula is C12H18BNO4S. The van der Waals surface area contributed by atoms with Gasteiger partial charge in [-0.3, -0.25) is 0 Å².